The molecule has 0 aliphatic carbocycles. The van der Waals surface area contributed by atoms with Gasteiger partial charge in [-0.05, 0) is 31.0 Å². The summed E-state index contributed by atoms with van der Waals surface area (Å²) in [6, 6.07) is 6.12. The normalized spacial score (nSPS) is 24.0. The van der Waals surface area contributed by atoms with Crippen LogP contribution in [0.3, 0.4) is 0 Å². The first-order chi connectivity index (χ1) is 9.22. The van der Waals surface area contributed by atoms with Gasteiger partial charge in [0.15, 0.2) is 11.5 Å². The number of hydrogen-bond acceptors (Lipinski definition) is 4. The SMILES string of the molecule is COc1cccc(N2CC3CN(C)CC3C2)c1OC.Cl.Cl. The van der Waals surface area contributed by atoms with Crippen molar-refractivity contribution in [2.45, 2.75) is 0 Å². The fourth-order valence-electron chi connectivity index (χ4n) is 3.54. The van der Waals surface area contributed by atoms with Crippen LogP contribution < -0.4 is 14.4 Å². The van der Waals surface area contributed by atoms with Crippen LogP contribution in [-0.2, 0) is 0 Å². The molecule has 1 aromatic rings. The molecule has 2 heterocycles. The molecule has 0 N–H and O–H groups in total. The summed E-state index contributed by atoms with van der Waals surface area (Å²) in [6.45, 7) is 4.68. The third kappa shape index (κ3) is 3.33. The second-order valence-electron chi connectivity index (χ2n) is 5.66. The van der Waals surface area contributed by atoms with E-state index in [4.69, 9.17) is 9.47 Å². The number of fused-ring (bicyclic) bond motifs is 1. The second kappa shape index (κ2) is 7.43. The van der Waals surface area contributed by atoms with Crippen LogP contribution in [0.1, 0.15) is 0 Å². The third-order valence-corrected chi connectivity index (χ3v) is 4.39. The average Bonchev–Trinajstić information content (AvgIpc) is 2.94. The number of benzene rings is 1. The molecule has 0 radical (unpaired) electrons. The summed E-state index contributed by atoms with van der Waals surface area (Å²) >= 11 is 0. The monoisotopic (exact) mass is 334 g/mol. The van der Waals surface area contributed by atoms with Crippen LogP contribution in [0.25, 0.3) is 0 Å². The molecule has 2 fully saturated rings. The lowest BCUT2D eigenvalue weighted by Gasteiger charge is -2.24. The molecule has 1 aromatic carbocycles. The number of ether oxygens (including phenoxy) is 2. The molecule has 4 nitrogen and oxygen atoms in total. The van der Waals surface area contributed by atoms with E-state index in [0.29, 0.717) is 0 Å². The summed E-state index contributed by atoms with van der Waals surface area (Å²) in [4.78, 5) is 4.89. The van der Waals surface area contributed by atoms with Gasteiger partial charge in [-0.1, -0.05) is 6.07 Å². The van der Waals surface area contributed by atoms with E-state index >= 15 is 0 Å². The highest BCUT2D eigenvalue weighted by atomic mass is 35.5. The molecule has 2 saturated heterocycles. The summed E-state index contributed by atoms with van der Waals surface area (Å²) in [7, 11) is 5.62. The van der Waals surface area contributed by atoms with Gasteiger partial charge in [0.1, 0.15) is 0 Å². The maximum absolute atomic E-state index is 5.55. The number of halogens is 2. The van der Waals surface area contributed by atoms with Gasteiger partial charge in [0.25, 0.3) is 0 Å². The standard InChI is InChI=1S/C15H22N2O2.2ClH/c1-16-7-11-9-17(10-12(11)8-16)13-5-4-6-14(18-2)15(13)19-3;;/h4-6,11-12H,7-10H2,1-3H3;2*1H. The maximum Gasteiger partial charge on any atom is 0.184 e. The Morgan fingerprint density at radius 2 is 1.57 bits per heavy atom. The maximum atomic E-state index is 5.55. The van der Waals surface area contributed by atoms with E-state index in [-0.39, 0.29) is 24.8 Å². The van der Waals surface area contributed by atoms with Crippen LogP contribution in [0.5, 0.6) is 11.5 Å². The van der Waals surface area contributed by atoms with Crippen molar-refractivity contribution in [2.24, 2.45) is 11.8 Å². The van der Waals surface area contributed by atoms with Crippen LogP contribution in [0.15, 0.2) is 18.2 Å². The number of hydrogen-bond donors (Lipinski definition) is 0. The van der Waals surface area contributed by atoms with Crippen LogP contribution in [0, 0.1) is 11.8 Å². The van der Waals surface area contributed by atoms with Gasteiger partial charge in [-0.2, -0.15) is 0 Å². The van der Waals surface area contributed by atoms with E-state index in [1.165, 1.54) is 18.8 Å². The number of nitrogens with zero attached hydrogens (tertiary/aromatic N) is 2. The minimum atomic E-state index is 0. The molecule has 0 aromatic heterocycles. The Bertz CT molecular complexity index is 459. The van der Waals surface area contributed by atoms with E-state index in [9.17, 15) is 0 Å². The predicted octanol–water partition coefficient (Wildman–Crippen LogP) is 2.55. The number of anilines is 1. The molecule has 2 aliphatic rings. The fourth-order valence-corrected chi connectivity index (χ4v) is 3.54. The van der Waals surface area contributed by atoms with Crippen LogP contribution in [0.2, 0.25) is 0 Å². The Kier molecular flexibility index (Phi) is 6.44. The zero-order valence-corrected chi connectivity index (χ0v) is 14.4. The highest BCUT2D eigenvalue weighted by Gasteiger charge is 2.39. The van der Waals surface area contributed by atoms with Crippen LogP contribution in [-0.4, -0.2) is 52.3 Å². The molecule has 2 unspecified atom stereocenters. The van der Waals surface area contributed by atoms with E-state index in [1.54, 1.807) is 14.2 Å². The lowest BCUT2D eigenvalue weighted by molar-refractivity contribution is 0.354. The van der Waals surface area contributed by atoms with Gasteiger partial charge in [-0.25, -0.2) is 0 Å². The van der Waals surface area contributed by atoms with Gasteiger partial charge < -0.3 is 19.3 Å². The minimum Gasteiger partial charge on any atom is -0.493 e. The van der Waals surface area contributed by atoms with Crippen molar-refractivity contribution in [2.75, 3.05) is 52.3 Å². The zero-order chi connectivity index (χ0) is 13.4. The summed E-state index contributed by atoms with van der Waals surface area (Å²) in [6.07, 6.45) is 0. The van der Waals surface area contributed by atoms with E-state index in [0.717, 1.165) is 36.4 Å². The van der Waals surface area contributed by atoms with Crippen molar-refractivity contribution in [3.8, 4) is 11.5 Å². The molecule has 2 aliphatic heterocycles. The molecule has 3 rings (SSSR count). The first-order valence-corrected chi connectivity index (χ1v) is 6.87. The Morgan fingerprint density at radius 1 is 0.952 bits per heavy atom. The summed E-state index contributed by atoms with van der Waals surface area (Å²) in [5.74, 6) is 3.26. The van der Waals surface area contributed by atoms with E-state index in [2.05, 4.69) is 22.9 Å². The lowest BCUT2D eigenvalue weighted by atomic mass is 10.0. The smallest absolute Gasteiger partial charge is 0.184 e. The minimum absolute atomic E-state index is 0. The average molecular weight is 335 g/mol. The predicted molar refractivity (Wildman–Crippen MR) is 90.7 cm³/mol. The van der Waals surface area contributed by atoms with Gasteiger partial charge in [0.05, 0.1) is 19.9 Å². The van der Waals surface area contributed by atoms with Crippen molar-refractivity contribution >= 4 is 30.5 Å². The Balaban J connectivity index is 0.00000110. The van der Waals surface area contributed by atoms with Gasteiger partial charge >= 0.3 is 0 Å². The molecular weight excluding hydrogens is 311 g/mol. The lowest BCUT2D eigenvalue weighted by Crippen LogP contribution is -2.26. The van der Waals surface area contributed by atoms with Crippen LogP contribution in [0.4, 0.5) is 5.69 Å². The topological polar surface area (TPSA) is 24.9 Å². The number of likely N-dealkylation sites (tertiary alicyclic amines) is 1. The van der Waals surface area contributed by atoms with Crippen molar-refractivity contribution in [1.29, 1.82) is 0 Å². The quantitative estimate of drug-likeness (QED) is 0.848. The zero-order valence-electron chi connectivity index (χ0n) is 12.7. The molecule has 0 bridgehead atoms. The number of methoxy groups -OCH3 is 2. The molecule has 120 valence electrons. The second-order valence-corrected chi connectivity index (χ2v) is 5.66. The fraction of sp³-hybridized carbons (Fsp3) is 0.600. The Hall–Kier alpha value is -0.840. The first kappa shape index (κ1) is 18.2. The molecule has 0 spiro atoms. The Labute approximate surface area is 139 Å². The summed E-state index contributed by atoms with van der Waals surface area (Å²) in [5.41, 5.74) is 1.17. The van der Waals surface area contributed by atoms with Crippen molar-refractivity contribution in [3.63, 3.8) is 0 Å². The van der Waals surface area contributed by atoms with Gasteiger partial charge in [0.2, 0.25) is 0 Å². The molecule has 6 heteroatoms. The summed E-state index contributed by atoms with van der Waals surface area (Å²) in [5, 5.41) is 0. The van der Waals surface area contributed by atoms with E-state index in [1.807, 2.05) is 12.1 Å². The number of rotatable bonds is 3. The van der Waals surface area contributed by atoms with Crippen LogP contribution >= 0.6 is 24.8 Å². The third-order valence-electron chi connectivity index (χ3n) is 4.39. The van der Waals surface area contributed by atoms with Crippen molar-refractivity contribution < 1.29 is 9.47 Å². The van der Waals surface area contributed by atoms with Crippen molar-refractivity contribution in [3.05, 3.63) is 18.2 Å². The number of para-hydroxylation sites is 1. The Morgan fingerprint density at radius 3 is 2.10 bits per heavy atom. The van der Waals surface area contributed by atoms with Gasteiger partial charge in [-0.3, -0.25) is 0 Å². The molecule has 2 atom stereocenters. The molecular formula is C15H24Cl2N2O2. The van der Waals surface area contributed by atoms with E-state index < -0.39 is 0 Å². The highest BCUT2D eigenvalue weighted by Crippen LogP contribution is 2.41. The molecule has 21 heavy (non-hydrogen) atoms. The molecule has 0 saturated carbocycles. The largest absolute Gasteiger partial charge is 0.493 e. The van der Waals surface area contributed by atoms with Gasteiger partial charge in [-0.15, -0.1) is 24.8 Å². The molecule has 0 amide bonds. The highest BCUT2D eigenvalue weighted by molar-refractivity contribution is 5.85. The van der Waals surface area contributed by atoms with Crippen molar-refractivity contribution in [1.82, 2.24) is 4.90 Å². The first-order valence-electron chi connectivity index (χ1n) is 6.87. The summed E-state index contributed by atoms with van der Waals surface area (Å²) < 4.78 is 10.9. The van der Waals surface area contributed by atoms with Gasteiger partial charge in [0, 0.05) is 26.2 Å².